The second kappa shape index (κ2) is 5.65. The van der Waals surface area contributed by atoms with Crippen molar-refractivity contribution in [3.63, 3.8) is 0 Å². The Bertz CT molecular complexity index is 549. The number of nitrogens with one attached hydrogen (secondary N) is 1. The highest BCUT2D eigenvalue weighted by Crippen LogP contribution is 2.18. The molecule has 0 unspecified atom stereocenters. The van der Waals surface area contributed by atoms with Crippen molar-refractivity contribution in [3.8, 4) is 0 Å². The Morgan fingerprint density at radius 2 is 1.89 bits per heavy atom. The van der Waals surface area contributed by atoms with Crippen LogP contribution < -0.4 is 5.32 Å². The molecule has 18 heavy (non-hydrogen) atoms. The molecule has 2 aromatic carbocycles. The Balaban J connectivity index is 2.05. The number of ether oxygens (including phenoxy) is 1. The van der Waals surface area contributed by atoms with Crippen molar-refractivity contribution in [2.75, 3.05) is 11.9 Å². The molecule has 0 heterocycles. The molecule has 0 aliphatic carbocycles. The number of carbonyl (C=O) groups is 1. The van der Waals surface area contributed by atoms with Crippen LogP contribution in [-0.4, -0.2) is 18.6 Å². The van der Waals surface area contributed by atoms with E-state index in [1.54, 1.807) is 0 Å². The molecule has 94 valence electrons. The van der Waals surface area contributed by atoms with Gasteiger partial charge in [-0.1, -0.05) is 30.3 Å². The van der Waals surface area contributed by atoms with Crippen LogP contribution >= 0.6 is 0 Å². The Labute approximate surface area is 107 Å². The van der Waals surface area contributed by atoms with Gasteiger partial charge in [0.25, 0.3) is 0 Å². The van der Waals surface area contributed by atoms with Gasteiger partial charge in [-0.15, -0.1) is 0 Å². The van der Waals surface area contributed by atoms with Gasteiger partial charge < -0.3 is 10.1 Å². The molecule has 0 saturated heterocycles. The summed E-state index contributed by atoms with van der Waals surface area (Å²) in [5.74, 6) is -0.126. The van der Waals surface area contributed by atoms with Crippen molar-refractivity contribution >= 4 is 22.4 Å². The maximum atomic E-state index is 11.6. The van der Waals surface area contributed by atoms with Crippen LogP contribution in [0.15, 0.2) is 42.5 Å². The van der Waals surface area contributed by atoms with E-state index in [-0.39, 0.29) is 18.6 Å². The molecule has 0 spiro atoms. The Morgan fingerprint density at radius 3 is 2.61 bits per heavy atom. The third-order valence-electron chi connectivity index (χ3n) is 2.58. The smallest absolute Gasteiger partial charge is 0.250 e. The lowest BCUT2D eigenvalue weighted by Gasteiger charge is -2.09. The van der Waals surface area contributed by atoms with Gasteiger partial charge in [-0.3, -0.25) is 4.79 Å². The van der Waals surface area contributed by atoms with Crippen molar-refractivity contribution in [3.05, 3.63) is 42.5 Å². The van der Waals surface area contributed by atoms with Crippen LogP contribution in [0.4, 0.5) is 5.69 Å². The number of anilines is 1. The van der Waals surface area contributed by atoms with E-state index in [1.165, 1.54) is 0 Å². The van der Waals surface area contributed by atoms with Crippen LogP contribution in [0.5, 0.6) is 0 Å². The van der Waals surface area contributed by atoms with Crippen LogP contribution in [0, 0.1) is 0 Å². The molecule has 0 bridgehead atoms. The van der Waals surface area contributed by atoms with Crippen LogP contribution in [0.3, 0.4) is 0 Å². The van der Waals surface area contributed by atoms with Crippen LogP contribution in [0.1, 0.15) is 13.8 Å². The van der Waals surface area contributed by atoms with E-state index in [4.69, 9.17) is 4.74 Å². The molecule has 0 saturated carbocycles. The van der Waals surface area contributed by atoms with Gasteiger partial charge in [0.05, 0.1) is 6.10 Å². The number of benzene rings is 2. The molecule has 0 radical (unpaired) electrons. The third-order valence-corrected chi connectivity index (χ3v) is 2.58. The zero-order chi connectivity index (χ0) is 13.0. The molecule has 0 aromatic heterocycles. The molecule has 1 amide bonds. The maximum Gasteiger partial charge on any atom is 0.250 e. The molecule has 3 heteroatoms. The number of hydrogen-bond acceptors (Lipinski definition) is 2. The minimum atomic E-state index is -0.126. The highest BCUT2D eigenvalue weighted by atomic mass is 16.5. The minimum Gasteiger partial charge on any atom is -0.369 e. The largest absolute Gasteiger partial charge is 0.369 e. The number of amides is 1. The topological polar surface area (TPSA) is 38.3 Å². The molecule has 2 rings (SSSR count). The molecular formula is C15H17NO2. The van der Waals surface area contributed by atoms with E-state index in [9.17, 15) is 4.79 Å². The Kier molecular flexibility index (Phi) is 3.95. The van der Waals surface area contributed by atoms with E-state index >= 15 is 0 Å². The first-order valence-corrected chi connectivity index (χ1v) is 6.05. The predicted octanol–water partition coefficient (Wildman–Crippen LogP) is 3.20. The first kappa shape index (κ1) is 12.6. The fourth-order valence-corrected chi connectivity index (χ4v) is 1.71. The first-order valence-electron chi connectivity index (χ1n) is 6.05. The minimum absolute atomic E-state index is 0.0624. The fourth-order valence-electron chi connectivity index (χ4n) is 1.71. The summed E-state index contributed by atoms with van der Waals surface area (Å²) in [6, 6.07) is 13.9. The SMILES string of the molecule is CC(C)OCC(=O)Nc1ccc2ccccc2c1. The van der Waals surface area contributed by atoms with Crippen molar-refractivity contribution < 1.29 is 9.53 Å². The standard InChI is InChI=1S/C15H17NO2/c1-11(2)18-10-15(17)16-14-8-7-12-5-3-4-6-13(12)9-14/h3-9,11H,10H2,1-2H3,(H,16,17). The zero-order valence-electron chi connectivity index (χ0n) is 10.6. The Morgan fingerprint density at radius 1 is 1.17 bits per heavy atom. The molecular weight excluding hydrogens is 226 g/mol. The number of rotatable bonds is 4. The highest BCUT2D eigenvalue weighted by molar-refractivity contribution is 5.95. The normalized spacial score (nSPS) is 10.8. The van der Waals surface area contributed by atoms with Crippen LogP contribution in [-0.2, 0) is 9.53 Å². The lowest BCUT2D eigenvalue weighted by atomic mass is 10.1. The average molecular weight is 243 g/mol. The first-order chi connectivity index (χ1) is 8.65. The van der Waals surface area contributed by atoms with Gasteiger partial charge >= 0.3 is 0 Å². The van der Waals surface area contributed by atoms with E-state index in [0.29, 0.717) is 0 Å². The summed E-state index contributed by atoms with van der Waals surface area (Å²) in [5, 5.41) is 5.10. The lowest BCUT2D eigenvalue weighted by Crippen LogP contribution is -2.20. The molecule has 0 aliphatic heterocycles. The van der Waals surface area contributed by atoms with Gasteiger partial charge in [0, 0.05) is 5.69 Å². The van der Waals surface area contributed by atoms with Gasteiger partial charge in [-0.25, -0.2) is 0 Å². The van der Waals surface area contributed by atoms with E-state index in [2.05, 4.69) is 5.32 Å². The Hall–Kier alpha value is -1.87. The quantitative estimate of drug-likeness (QED) is 0.895. The van der Waals surface area contributed by atoms with Crippen molar-refractivity contribution in [2.24, 2.45) is 0 Å². The summed E-state index contributed by atoms with van der Waals surface area (Å²) in [4.78, 5) is 11.6. The van der Waals surface area contributed by atoms with E-state index in [0.717, 1.165) is 16.5 Å². The highest BCUT2D eigenvalue weighted by Gasteiger charge is 2.04. The van der Waals surface area contributed by atoms with Gasteiger partial charge in [0.2, 0.25) is 5.91 Å². The average Bonchev–Trinajstić information content (AvgIpc) is 2.36. The number of carbonyl (C=O) groups excluding carboxylic acids is 1. The molecule has 1 N–H and O–H groups in total. The van der Waals surface area contributed by atoms with Gasteiger partial charge in [0.15, 0.2) is 0 Å². The van der Waals surface area contributed by atoms with Crippen molar-refractivity contribution in [2.45, 2.75) is 20.0 Å². The lowest BCUT2D eigenvalue weighted by molar-refractivity contribution is -0.121. The molecule has 0 aliphatic rings. The second-order valence-electron chi connectivity index (χ2n) is 4.47. The van der Waals surface area contributed by atoms with Crippen LogP contribution in [0.25, 0.3) is 10.8 Å². The van der Waals surface area contributed by atoms with Gasteiger partial charge in [-0.2, -0.15) is 0 Å². The summed E-state index contributed by atoms with van der Waals surface area (Å²) in [5.41, 5.74) is 0.797. The molecule has 3 nitrogen and oxygen atoms in total. The molecule has 0 fully saturated rings. The summed E-state index contributed by atoms with van der Waals surface area (Å²) in [6.07, 6.45) is 0.0624. The van der Waals surface area contributed by atoms with Gasteiger partial charge in [0.1, 0.15) is 6.61 Å². The summed E-state index contributed by atoms with van der Waals surface area (Å²) < 4.78 is 5.25. The zero-order valence-corrected chi connectivity index (χ0v) is 10.6. The monoisotopic (exact) mass is 243 g/mol. The number of hydrogen-bond donors (Lipinski definition) is 1. The van der Waals surface area contributed by atoms with Gasteiger partial charge in [-0.05, 0) is 36.8 Å². The summed E-state index contributed by atoms with van der Waals surface area (Å²) in [6.45, 7) is 3.90. The number of fused-ring (bicyclic) bond motifs is 1. The summed E-state index contributed by atoms with van der Waals surface area (Å²) >= 11 is 0. The fraction of sp³-hybridized carbons (Fsp3) is 0.267. The van der Waals surface area contributed by atoms with Crippen LogP contribution in [0.2, 0.25) is 0 Å². The van der Waals surface area contributed by atoms with Crippen molar-refractivity contribution in [1.82, 2.24) is 0 Å². The summed E-state index contributed by atoms with van der Waals surface area (Å²) in [7, 11) is 0. The third kappa shape index (κ3) is 3.31. The maximum absolute atomic E-state index is 11.6. The van der Waals surface area contributed by atoms with E-state index < -0.39 is 0 Å². The van der Waals surface area contributed by atoms with E-state index in [1.807, 2.05) is 56.3 Å². The molecule has 0 atom stereocenters. The second-order valence-corrected chi connectivity index (χ2v) is 4.47. The van der Waals surface area contributed by atoms with Crippen molar-refractivity contribution in [1.29, 1.82) is 0 Å². The molecule has 2 aromatic rings. The predicted molar refractivity (Wildman–Crippen MR) is 73.7 cm³/mol.